The maximum absolute atomic E-state index is 9.47. The van der Waals surface area contributed by atoms with Crippen LogP contribution in [0.3, 0.4) is 0 Å². The topological polar surface area (TPSA) is 58.1 Å². The maximum Gasteiger partial charge on any atom is 0.119 e. The van der Waals surface area contributed by atoms with E-state index in [0.29, 0.717) is 10.9 Å². The molecule has 1 aliphatic rings. The van der Waals surface area contributed by atoms with Crippen LogP contribution in [0.5, 0.6) is 5.75 Å². The normalized spacial score (nSPS) is 17.7. The summed E-state index contributed by atoms with van der Waals surface area (Å²) in [7, 11) is 0. The Labute approximate surface area is 104 Å². The number of ether oxygens (including phenoxy) is 1. The molecule has 0 atom stereocenters. The van der Waals surface area contributed by atoms with Crippen molar-refractivity contribution in [3.05, 3.63) is 23.0 Å². The van der Waals surface area contributed by atoms with Crippen molar-refractivity contribution in [2.24, 2.45) is 0 Å². The number of halogens is 1. The number of phenols is 1. The highest BCUT2D eigenvalue weighted by Gasteiger charge is 2.20. The first-order valence-electron chi connectivity index (χ1n) is 5.70. The van der Waals surface area contributed by atoms with Gasteiger partial charge in [0.1, 0.15) is 11.6 Å². The van der Waals surface area contributed by atoms with Gasteiger partial charge in [0.05, 0.1) is 16.1 Å². The number of imidazole rings is 1. The van der Waals surface area contributed by atoms with E-state index in [1.165, 1.54) is 6.07 Å². The predicted octanol–water partition coefficient (Wildman–Crippen LogP) is 2.82. The molecule has 0 aliphatic carbocycles. The highest BCUT2D eigenvalue weighted by atomic mass is 35.5. The molecule has 17 heavy (non-hydrogen) atoms. The number of H-pyrrole nitrogens is 1. The Morgan fingerprint density at radius 1 is 1.35 bits per heavy atom. The van der Waals surface area contributed by atoms with Gasteiger partial charge in [-0.25, -0.2) is 4.98 Å². The molecule has 3 rings (SSSR count). The molecule has 4 nitrogen and oxygen atoms in total. The van der Waals surface area contributed by atoms with E-state index in [9.17, 15) is 5.11 Å². The van der Waals surface area contributed by atoms with Gasteiger partial charge in [-0.15, -0.1) is 0 Å². The van der Waals surface area contributed by atoms with Crippen molar-refractivity contribution in [3.63, 3.8) is 0 Å². The number of nitrogens with zero attached hydrogens (tertiary/aromatic N) is 1. The monoisotopic (exact) mass is 252 g/mol. The van der Waals surface area contributed by atoms with Gasteiger partial charge in [0, 0.05) is 31.3 Å². The van der Waals surface area contributed by atoms with E-state index in [4.69, 9.17) is 16.3 Å². The van der Waals surface area contributed by atoms with Gasteiger partial charge < -0.3 is 14.8 Å². The molecule has 0 radical (unpaired) electrons. The minimum atomic E-state index is 0.146. The van der Waals surface area contributed by atoms with Gasteiger partial charge in [-0.3, -0.25) is 0 Å². The molecule has 1 aliphatic heterocycles. The molecular formula is C12H13ClN2O2. The van der Waals surface area contributed by atoms with Crippen molar-refractivity contribution >= 4 is 22.6 Å². The Morgan fingerprint density at radius 3 is 2.88 bits per heavy atom. The number of fused-ring (bicyclic) bond motifs is 1. The van der Waals surface area contributed by atoms with Crippen molar-refractivity contribution in [2.45, 2.75) is 18.8 Å². The zero-order valence-corrected chi connectivity index (χ0v) is 10.00. The number of nitrogens with one attached hydrogen (secondary N) is 1. The second-order valence-corrected chi connectivity index (χ2v) is 4.74. The number of aromatic nitrogens is 2. The van der Waals surface area contributed by atoms with Gasteiger partial charge in [-0.2, -0.15) is 0 Å². The minimum Gasteiger partial charge on any atom is -0.508 e. The van der Waals surface area contributed by atoms with Gasteiger partial charge in [-0.1, -0.05) is 11.6 Å². The van der Waals surface area contributed by atoms with E-state index in [1.54, 1.807) is 6.07 Å². The van der Waals surface area contributed by atoms with Crippen LogP contribution in [-0.2, 0) is 4.74 Å². The number of rotatable bonds is 1. The van der Waals surface area contributed by atoms with Gasteiger partial charge in [-0.05, 0) is 12.8 Å². The summed E-state index contributed by atoms with van der Waals surface area (Å²) in [5, 5.41) is 9.98. The lowest BCUT2D eigenvalue weighted by Crippen LogP contribution is -2.15. The summed E-state index contributed by atoms with van der Waals surface area (Å²) in [5.74, 6) is 1.48. The molecule has 1 saturated heterocycles. The molecule has 2 N–H and O–H groups in total. The quantitative estimate of drug-likeness (QED) is 0.821. The Kier molecular flexibility index (Phi) is 2.68. The van der Waals surface area contributed by atoms with Crippen LogP contribution in [0.25, 0.3) is 11.0 Å². The number of phenolic OH excluding ortho intramolecular Hbond substituents is 1. The molecule has 1 aromatic carbocycles. The molecule has 0 amide bonds. The molecule has 2 aromatic rings. The van der Waals surface area contributed by atoms with E-state index < -0.39 is 0 Å². The number of aromatic amines is 1. The predicted molar refractivity (Wildman–Crippen MR) is 65.6 cm³/mol. The molecule has 0 bridgehead atoms. The number of aromatic hydroxyl groups is 1. The largest absolute Gasteiger partial charge is 0.508 e. The Bertz CT molecular complexity index is 547. The summed E-state index contributed by atoms with van der Waals surface area (Å²) in [5.41, 5.74) is 1.52. The summed E-state index contributed by atoms with van der Waals surface area (Å²) < 4.78 is 5.33. The lowest BCUT2D eigenvalue weighted by atomic mass is 10.00. The molecular weight excluding hydrogens is 240 g/mol. The smallest absolute Gasteiger partial charge is 0.119 e. The highest BCUT2D eigenvalue weighted by molar-refractivity contribution is 6.35. The summed E-state index contributed by atoms with van der Waals surface area (Å²) >= 11 is 6.06. The van der Waals surface area contributed by atoms with E-state index in [0.717, 1.165) is 42.9 Å². The van der Waals surface area contributed by atoms with Crippen LogP contribution in [0, 0.1) is 0 Å². The number of hydrogen-bond acceptors (Lipinski definition) is 3. The maximum atomic E-state index is 9.47. The molecule has 5 heteroatoms. The van der Waals surface area contributed by atoms with E-state index in [1.807, 2.05) is 0 Å². The molecule has 0 spiro atoms. The molecule has 2 heterocycles. The van der Waals surface area contributed by atoms with Crippen molar-refractivity contribution in [3.8, 4) is 5.75 Å². The number of benzene rings is 1. The first-order chi connectivity index (χ1) is 8.24. The van der Waals surface area contributed by atoms with Gasteiger partial charge in [0.25, 0.3) is 0 Å². The summed E-state index contributed by atoms with van der Waals surface area (Å²) in [4.78, 5) is 7.75. The van der Waals surface area contributed by atoms with Crippen LogP contribution >= 0.6 is 11.6 Å². The van der Waals surface area contributed by atoms with Crippen LogP contribution < -0.4 is 0 Å². The average molecular weight is 253 g/mol. The highest BCUT2D eigenvalue weighted by Crippen LogP contribution is 2.31. The van der Waals surface area contributed by atoms with Crippen LogP contribution in [0.1, 0.15) is 24.6 Å². The third-order valence-corrected chi connectivity index (χ3v) is 3.45. The van der Waals surface area contributed by atoms with Crippen LogP contribution in [0.15, 0.2) is 12.1 Å². The summed E-state index contributed by atoms with van der Waals surface area (Å²) in [6, 6.07) is 3.15. The Balaban J connectivity index is 2.03. The fourth-order valence-corrected chi connectivity index (χ4v) is 2.50. The van der Waals surface area contributed by atoms with E-state index >= 15 is 0 Å². The van der Waals surface area contributed by atoms with Crippen molar-refractivity contribution < 1.29 is 9.84 Å². The first-order valence-corrected chi connectivity index (χ1v) is 6.07. The molecule has 0 saturated carbocycles. The molecule has 0 unspecified atom stereocenters. The minimum absolute atomic E-state index is 0.146. The fraction of sp³-hybridized carbons (Fsp3) is 0.417. The zero-order valence-electron chi connectivity index (χ0n) is 9.24. The standard InChI is InChI=1S/C12H13ClN2O2/c13-9-5-8(16)6-10-11(9)15-12(14-10)7-1-3-17-4-2-7/h5-7,16H,1-4H2,(H,14,15). The Morgan fingerprint density at radius 2 is 2.12 bits per heavy atom. The lowest BCUT2D eigenvalue weighted by Gasteiger charge is -2.19. The first kappa shape index (κ1) is 10.9. The molecule has 1 fully saturated rings. The zero-order chi connectivity index (χ0) is 11.8. The van der Waals surface area contributed by atoms with Gasteiger partial charge in [0.2, 0.25) is 0 Å². The third kappa shape index (κ3) is 1.98. The van der Waals surface area contributed by atoms with E-state index in [-0.39, 0.29) is 5.75 Å². The van der Waals surface area contributed by atoms with Crippen LogP contribution in [0.4, 0.5) is 0 Å². The van der Waals surface area contributed by atoms with Crippen molar-refractivity contribution in [1.82, 2.24) is 9.97 Å². The molecule has 1 aromatic heterocycles. The van der Waals surface area contributed by atoms with Crippen LogP contribution in [-0.4, -0.2) is 28.3 Å². The van der Waals surface area contributed by atoms with Crippen LogP contribution in [0.2, 0.25) is 5.02 Å². The third-order valence-electron chi connectivity index (χ3n) is 3.16. The summed E-state index contributed by atoms with van der Waals surface area (Å²) in [6.45, 7) is 1.56. The van der Waals surface area contributed by atoms with Gasteiger partial charge >= 0.3 is 0 Å². The average Bonchev–Trinajstić information content (AvgIpc) is 2.74. The van der Waals surface area contributed by atoms with Crippen molar-refractivity contribution in [2.75, 3.05) is 13.2 Å². The van der Waals surface area contributed by atoms with Crippen molar-refractivity contribution in [1.29, 1.82) is 0 Å². The Hall–Kier alpha value is -1.26. The van der Waals surface area contributed by atoms with E-state index in [2.05, 4.69) is 9.97 Å². The molecule has 90 valence electrons. The summed E-state index contributed by atoms with van der Waals surface area (Å²) in [6.07, 6.45) is 1.95. The van der Waals surface area contributed by atoms with Gasteiger partial charge in [0.15, 0.2) is 0 Å². The fourth-order valence-electron chi connectivity index (χ4n) is 2.24. The second kappa shape index (κ2) is 4.20. The SMILES string of the molecule is Oc1cc(Cl)c2[nH]c(C3CCOCC3)nc2c1. The number of hydrogen-bond donors (Lipinski definition) is 2. The second-order valence-electron chi connectivity index (χ2n) is 4.33. The lowest BCUT2D eigenvalue weighted by molar-refractivity contribution is 0.0838.